The van der Waals surface area contributed by atoms with Crippen LogP contribution in [-0.2, 0) is 0 Å². The number of alkyl halides is 2. The first-order valence-corrected chi connectivity index (χ1v) is 8.02. The van der Waals surface area contributed by atoms with Crippen LogP contribution in [0.3, 0.4) is 0 Å². The first kappa shape index (κ1) is 16.0. The Balaban J connectivity index is 2.24. The summed E-state index contributed by atoms with van der Waals surface area (Å²) < 4.78 is -0.539. The quantitative estimate of drug-likeness (QED) is 0.371. The lowest BCUT2D eigenvalue weighted by molar-refractivity contribution is 0.103. The summed E-state index contributed by atoms with van der Waals surface area (Å²) in [4.78, 5) is 13.2. The molecule has 2 rings (SSSR count). The van der Waals surface area contributed by atoms with Crippen molar-refractivity contribution in [1.82, 2.24) is 0 Å². The molecule has 20 heavy (non-hydrogen) atoms. The highest BCUT2D eigenvalue weighted by Gasteiger charge is 2.11. The molecular weight excluding hydrogens is 358 g/mol. The molecule has 0 fully saturated rings. The van der Waals surface area contributed by atoms with Crippen LogP contribution in [0.5, 0.6) is 0 Å². The van der Waals surface area contributed by atoms with Gasteiger partial charge in [-0.3, -0.25) is 4.79 Å². The average Bonchev–Trinajstić information content (AvgIpc) is 2.37. The molecule has 0 spiro atoms. The van der Waals surface area contributed by atoms with E-state index in [0.717, 1.165) is 4.90 Å². The molecule has 0 radical (unpaired) electrons. The standard InChI is InChI=1S/C14H8Cl4OS/c15-10-5-9(6-11(16)7-10)13(19)8-1-3-12(4-2-8)20-14(17)18/h1-7,14H. The SMILES string of the molecule is O=C(c1ccc(SC(Cl)Cl)cc1)c1cc(Cl)cc(Cl)c1. The minimum Gasteiger partial charge on any atom is -0.289 e. The van der Waals surface area contributed by atoms with Crippen LogP contribution in [0.15, 0.2) is 47.4 Å². The van der Waals surface area contributed by atoms with E-state index < -0.39 is 4.17 Å². The number of benzene rings is 2. The van der Waals surface area contributed by atoms with Crippen molar-refractivity contribution in [3.8, 4) is 0 Å². The highest BCUT2D eigenvalue weighted by atomic mass is 35.5. The first-order valence-electron chi connectivity index (χ1n) is 5.51. The van der Waals surface area contributed by atoms with E-state index in [1.54, 1.807) is 42.5 Å². The Morgan fingerprint density at radius 3 is 1.95 bits per heavy atom. The molecule has 104 valence electrons. The average molecular weight is 366 g/mol. The van der Waals surface area contributed by atoms with E-state index in [2.05, 4.69) is 0 Å². The molecular formula is C14H8Cl4OS. The second kappa shape index (κ2) is 7.06. The molecule has 2 aromatic carbocycles. The van der Waals surface area contributed by atoms with Crippen LogP contribution in [-0.4, -0.2) is 9.95 Å². The maximum Gasteiger partial charge on any atom is 0.193 e. The van der Waals surface area contributed by atoms with E-state index in [0.29, 0.717) is 21.2 Å². The number of thioether (sulfide) groups is 1. The lowest BCUT2D eigenvalue weighted by Crippen LogP contribution is -2.01. The Bertz CT molecular complexity index is 605. The van der Waals surface area contributed by atoms with E-state index in [-0.39, 0.29) is 5.78 Å². The Morgan fingerprint density at radius 2 is 1.45 bits per heavy atom. The summed E-state index contributed by atoms with van der Waals surface area (Å²) in [5.74, 6) is -0.140. The number of rotatable bonds is 4. The molecule has 0 N–H and O–H groups in total. The molecule has 0 saturated heterocycles. The topological polar surface area (TPSA) is 17.1 Å². The zero-order valence-corrected chi connectivity index (χ0v) is 13.8. The fourth-order valence-electron chi connectivity index (χ4n) is 1.64. The van der Waals surface area contributed by atoms with E-state index in [1.807, 2.05) is 0 Å². The first-order chi connectivity index (χ1) is 9.45. The Morgan fingerprint density at radius 1 is 0.900 bits per heavy atom. The molecule has 0 atom stereocenters. The van der Waals surface area contributed by atoms with Crippen molar-refractivity contribution in [2.75, 3.05) is 0 Å². The van der Waals surface area contributed by atoms with Gasteiger partial charge in [-0.15, -0.1) is 0 Å². The summed E-state index contributed by atoms with van der Waals surface area (Å²) in [5, 5.41) is 0.861. The fourth-order valence-corrected chi connectivity index (χ4v) is 3.28. The van der Waals surface area contributed by atoms with Gasteiger partial charge in [-0.25, -0.2) is 0 Å². The highest BCUT2D eigenvalue weighted by Crippen LogP contribution is 2.29. The molecule has 2 aromatic rings. The molecule has 0 aliphatic heterocycles. The van der Waals surface area contributed by atoms with Gasteiger partial charge in [0.25, 0.3) is 0 Å². The van der Waals surface area contributed by atoms with Gasteiger partial charge < -0.3 is 0 Å². The monoisotopic (exact) mass is 364 g/mol. The van der Waals surface area contributed by atoms with Crippen molar-refractivity contribution in [2.24, 2.45) is 0 Å². The van der Waals surface area contributed by atoms with Gasteiger partial charge in [-0.2, -0.15) is 0 Å². The van der Waals surface area contributed by atoms with E-state index >= 15 is 0 Å². The van der Waals surface area contributed by atoms with Crippen LogP contribution < -0.4 is 0 Å². The van der Waals surface area contributed by atoms with Crippen molar-refractivity contribution in [3.63, 3.8) is 0 Å². The van der Waals surface area contributed by atoms with Crippen molar-refractivity contribution in [2.45, 2.75) is 9.06 Å². The van der Waals surface area contributed by atoms with Crippen LogP contribution in [0.4, 0.5) is 0 Å². The van der Waals surface area contributed by atoms with Crippen molar-refractivity contribution >= 4 is 63.9 Å². The van der Waals surface area contributed by atoms with Crippen molar-refractivity contribution < 1.29 is 4.79 Å². The minimum atomic E-state index is -0.539. The van der Waals surface area contributed by atoms with Gasteiger partial charge in [0.2, 0.25) is 0 Å². The number of halogens is 4. The van der Waals surface area contributed by atoms with E-state index in [1.165, 1.54) is 11.8 Å². The van der Waals surface area contributed by atoms with Crippen molar-refractivity contribution in [3.05, 3.63) is 63.6 Å². The van der Waals surface area contributed by atoms with Crippen molar-refractivity contribution in [1.29, 1.82) is 0 Å². The third kappa shape index (κ3) is 4.31. The maximum absolute atomic E-state index is 12.3. The zero-order valence-electron chi connectivity index (χ0n) is 9.95. The Labute approximate surface area is 141 Å². The predicted octanol–water partition coefficient (Wildman–Crippen LogP) is 6.08. The summed E-state index contributed by atoms with van der Waals surface area (Å²) in [7, 11) is 0. The summed E-state index contributed by atoms with van der Waals surface area (Å²) >= 11 is 24.4. The third-order valence-corrected chi connectivity index (χ3v) is 4.16. The van der Waals surface area contributed by atoms with Crippen LogP contribution in [0, 0.1) is 0 Å². The third-order valence-electron chi connectivity index (χ3n) is 2.47. The largest absolute Gasteiger partial charge is 0.289 e. The molecule has 6 heteroatoms. The molecule has 0 saturated carbocycles. The molecule has 1 nitrogen and oxygen atoms in total. The number of hydrogen-bond acceptors (Lipinski definition) is 2. The second-order valence-corrected chi connectivity index (χ2v) is 7.56. The van der Waals surface area contributed by atoms with Crippen LogP contribution >= 0.6 is 58.2 Å². The molecule has 0 aliphatic carbocycles. The lowest BCUT2D eigenvalue weighted by atomic mass is 10.0. The Kier molecular flexibility index (Phi) is 5.65. The van der Waals surface area contributed by atoms with Crippen LogP contribution in [0.25, 0.3) is 0 Å². The van der Waals surface area contributed by atoms with Gasteiger partial charge >= 0.3 is 0 Å². The van der Waals surface area contributed by atoms with E-state index in [4.69, 9.17) is 46.4 Å². The summed E-state index contributed by atoms with van der Waals surface area (Å²) in [5.41, 5.74) is 1.00. The van der Waals surface area contributed by atoms with Gasteiger partial charge in [0.05, 0.1) is 0 Å². The lowest BCUT2D eigenvalue weighted by Gasteiger charge is -2.05. The van der Waals surface area contributed by atoms with Gasteiger partial charge in [0, 0.05) is 26.1 Å². The maximum atomic E-state index is 12.3. The number of ketones is 1. The number of hydrogen-bond donors (Lipinski definition) is 0. The number of carbonyl (C=O) groups is 1. The van der Waals surface area contributed by atoms with E-state index in [9.17, 15) is 4.79 Å². The van der Waals surface area contributed by atoms with Gasteiger partial charge in [-0.1, -0.05) is 58.2 Å². The molecule has 0 aliphatic rings. The summed E-state index contributed by atoms with van der Waals surface area (Å²) in [6.07, 6.45) is 0. The van der Waals surface area contributed by atoms with Gasteiger partial charge in [-0.05, 0) is 42.5 Å². The Hall–Kier alpha value is -0.380. The van der Waals surface area contributed by atoms with Gasteiger partial charge in [0.15, 0.2) is 9.95 Å². The predicted molar refractivity (Wildman–Crippen MR) is 87.7 cm³/mol. The minimum absolute atomic E-state index is 0.140. The number of carbonyl (C=O) groups excluding carboxylic acids is 1. The molecule has 0 bridgehead atoms. The summed E-state index contributed by atoms with van der Waals surface area (Å²) in [6, 6.07) is 11.8. The summed E-state index contributed by atoms with van der Waals surface area (Å²) in [6.45, 7) is 0. The fraction of sp³-hybridized carbons (Fsp3) is 0.0714. The zero-order chi connectivity index (χ0) is 14.7. The molecule has 0 unspecified atom stereocenters. The molecule has 0 aromatic heterocycles. The van der Waals surface area contributed by atoms with Crippen LogP contribution in [0.1, 0.15) is 15.9 Å². The van der Waals surface area contributed by atoms with Gasteiger partial charge in [0.1, 0.15) is 0 Å². The normalized spacial score (nSPS) is 10.8. The molecule has 0 heterocycles. The highest BCUT2D eigenvalue weighted by molar-refractivity contribution is 8.02. The second-order valence-electron chi connectivity index (χ2n) is 3.89. The van der Waals surface area contributed by atoms with Crippen LogP contribution in [0.2, 0.25) is 10.0 Å². The molecule has 0 amide bonds. The smallest absolute Gasteiger partial charge is 0.193 e.